The number of halogens is 1. The SMILES string of the molecule is CS(=O)(=O)CC(NN)c1cc2cc(Cl)ccc2o1. The number of hydrazine groups is 1. The maximum Gasteiger partial charge on any atom is 0.149 e. The fraction of sp³-hybridized carbons (Fsp3) is 0.273. The molecule has 0 amide bonds. The largest absolute Gasteiger partial charge is 0.459 e. The number of benzene rings is 1. The van der Waals surface area contributed by atoms with Crippen molar-refractivity contribution < 1.29 is 12.8 Å². The average molecular weight is 289 g/mol. The highest BCUT2D eigenvalue weighted by Crippen LogP contribution is 2.26. The van der Waals surface area contributed by atoms with Crippen LogP contribution in [0.3, 0.4) is 0 Å². The minimum absolute atomic E-state index is 0.128. The molecule has 0 saturated heterocycles. The van der Waals surface area contributed by atoms with Crippen molar-refractivity contribution in [2.45, 2.75) is 6.04 Å². The van der Waals surface area contributed by atoms with E-state index in [9.17, 15) is 8.42 Å². The first-order chi connectivity index (χ1) is 8.39. The second-order valence-electron chi connectivity index (χ2n) is 4.14. The van der Waals surface area contributed by atoms with Gasteiger partial charge in [-0.3, -0.25) is 5.84 Å². The van der Waals surface area contributed by atoms with Gasteiger partial charge in [0.15, 0.2) is 0 Å². The van der Waals surface area contributed by atoms with E-state index in [1.807, 2.05) is 0 Å². The van der Waals surface area contributed by atoms with Crippen molar-refractivity contribution in [1.82, 2.24) is 5.43 Å². The molecule has 0 aliphatic heterocycles. The fourth-order valence-corrected chi connectivity index (χ4v) is 2.77. The molecule has 0 radical (unpaired) electrons. The van der Waals surface area contributed by atoms with Gasteiger partial charge in [-0.05, 0) is 24.3 Å². The molecular weight excluding hydrogens is 276 g/mol. The van der Waals surface area contributed by atoms with Crippen molar-refractivity contribution in [3.8, 4) is 0 Å². The lowest BCUT2D eigenvalue weighted by Crippen LogP contribution is -2.32. The van der Waals surface area contributed by atoms with Crippen molar-refractivity contribution in [2.24, 2.45) is 5.84 Å². The van der Waals surface area contributed by atoms with Crippen molar-refractivity contribution in [3.05, 3.63) is 35.0 Å². The molecule has 1 aromatic heterocycles. The van der Waals surface area contributed by atoms with E-state index in [4.69, 9.17) is 21.9 Å². The van der Waals surface area contributed by atoms with Crippen LogP contribution in [0.5, 0.6) is 0 Å². The minimum atomic E-state index is -3.16. The number of hydrogen-bond donors (Lipinski definition) is 2. The summed E-state index contributed by atoms with van der Waals surface area (Å²) in [5.74, 6) is 5.71. The van der Waals surface area contributed by atoms with Crippen LogP contribution < -0.4 is 11.3 Å². The van der Waals surface area contributed by atoms with Crippen LogP contribution in [0.1, 0.15) is 11.8 Å². The molecule has 0 aliphatic carbocycles. The zero-order valence-electron chi connectivity index (χ0n) is 9.68. The Balaban J connectivity index is 2.39. The molecule has 1 aromatic carbocycles. The van der Waals surface area contributed by atoms with Crippen molar-refractivity contribution >= 4 is 32.4 Å². The standard InChI is InChI=1S/C11H13ClN2O3S/c1-18(15,16)6-9(14-13)11-5-7-4-8(12)2-3-10(7)17-11/h2-5,9,14H,6,13H2,1H3. The van der Waals surface area contributed by atoms with E-state index < -0.39 is 15.9 Å². The molecule has 1 unspecified atom stereocenters. The van der Waals surface area contributed by atoms with Crippen LogP contribution in [0.15, 0.2) is 28.7 Å². The number of nitrogens with one attached hydrogen (secondary N) is 1. The summed E-state index contributed by atoms with van der Waals surface area (Å²) < 4.78 is 28.1. The minimum Gasteiger partial charge on any atom is -0.459 e. The lowest BCUT2D eigenvalue weighted by atomic mass is 10.2. The highest BCUT2D eigenvalue weighted by atomic mass is 35.5. The summed E-state index contributed by atoms with van der Waals surface area (Å²) in [6.45, 7) is 0. The zero-order chi connectivity index (χ0) is 13.3. The van der Waals surface area contributed by atoms with Crippen LogP contribution in [-0.4, -0.2) is 20.4 Å². The smallest absolute Gasteiger partial charge is 0.149 e. The average Bonchev–Trinajstić information content (AvgIpc) is 2.67. The van der Waals surface area contributed by atoms with Gasteiger partial charge in [0.2, 0.25) is 0 Å². The molecule has 3 N–H and O–H groups in total. The Bertz CT molecular complexity index is 666. The first kappa shape index (κ1) is 13.4. The number of nitrogens with two attached hydrogens (primary N) is 1. The van der Waals surface area contributed by atoms with Gasteiger partial charge in [-0.25, -0.2) is 13.8 Å². The van der Waals surface area contributed by atoms with E-state index in [1.54, 1.807) is 24.3 Å². The summed E-state index contributed by atoms with van der Waals surface area (Å²) in [7, 11) is -3.16. The lowest BCUT2D eigenvalue weighted by molar-refractivity contribution is 0.457. The second kappa shape index (κ2) is 4.89. The van der Waals surface area contributed by atoms with Crippen LogP contribution in [0, 0.1) is 0 Å². The summed E-state index contributed by atoms with van der Waals surface area (Å²) in [5.41, 5.74) is 3.09. The van der Waals surface area contributed by atoms with Gasteiger partial charge in [0.1, 0.15) is 21.2 Å². The lowest BCUT2D eigenvalue weighted by Gasteiger charge is -2.11. The number of fused-ring (bicyclic) bond motifs is 1. The van der Waals surface area contributed by atoms with Crippen LogP contribution >= 0.6 is 11.6 Å². The van der Waals surface area contributed by atoms with Gasteiger partial charge in [-0.1, -0.05) is 11.6 Å². The van der Waals surface area contributed by atoms with Crippen LogP contribution in [-0.2, 0) is 9.84 Å². The maximum atomic E-state index is 11.3. The molecule has 2 rings (SSSR count). The van der Waals surface area contributed by atoms with E-state index in [-0.39, 0.29) is 5.75 Å². The van der Waals surface area contributed by atoms with Gasteiger partial charge >= 0.3 is 0 Å². The van der Waals surface area contributed by atoms with Crippen molar-refractivity contribution in [1.29, 1.82) is 0 Å². The number of sulfone groups is 1. The Morgan fingerprint density at radius 3 is 2.78 bits per heavy atom. The number of rotatable bonds is 4. The molecule has 0 saturated carbocycles. The summed E-state index contributed by atoms with van der Waals surface area (Å²) in [6.07, 6.45) is 1.15. The normalized spacial score (nSPS) is 13.9. The molecule has 1 atom stereocenters. The van der Waals surface area contributed by atoms with E-state index in [1.165, 1.54) is 0 Å². The molecule has 0 bridgehead atoms. The molecule has 98 valence electrons. The van der Waals surface area contributed by atoms with E-state index in [0.29, 0.717) is 16.4 Å². The van der Waals surface area contributed by atoms with Gasteiger partial charge in [0, 0.05) is 16.7 Å². The molecule has 5 nitrogen and oxygen atoms in total. The molecule has 7 heteroatoms. The quantitative estimate of drug-likeness (QED) is 0.660. The van der Waals surface area contributed by atoms with Gasteiger partial charge < -0.3 is 4.42 Å². The van der Waals surface area contributed by atoms with Gasteiger partial charge in [-0.2, -0.15) is 0 Å². The monoisotopic (exact) mass is 288 g/mol. The van der Waals surface area contributed by atoms with E-state index in [0.717, 1.165) is 11.6 Å². The fourth-order valence-electron chi connectivity index (χ4n) is 1.72. The summed E-state index contributed by atoms with van der Waals surface area (Å²) in [5, 5.41) is 1.40. The maximum absolute atomic E-state index is 11.3. The molecule has 2 aromatic rings. The Morgan fingerprint density at radius 2 is 2.17 bits per heavy atom. The van der Waals surface area contributed by atoms with E-state index >= 15 is 0 Å². The van der Waals surface area contributed by atoms with Crippen LogP contribution in [0.25, 0.3) is 11.0 Å². The topological polar surface area (TPSA) is 85.3 Å². The van der Waals surface area contributed by atoms with Crippen molar-refractivity contribution in [3.63, 3.8) is 0 Å². The molecule has 0 spiro atoms. The third-order valence-electron chi connectivity index (χ3n) is 2.51. The first-order valence-electron chi connectivity index (χ1n) is 5.22. The van der Waals surface area contributed by atoms with E-state index in [2.05, 4.69) is 5.43 Å². The Morgan fingerprint density at radius 1 is 1.44 bits per heavy atom. The summed E-state index contributed by atoms with van der Waals surface area (Å²) in [6, 6.07) is 6.34. The molecule has 18 heavy (non-hydrogen) atoms. The zero-order valence-corrected chi connectivity index (χ0v) is 11.3. The second-order valence-corrected chi connectivity index (χ2v) is 6.76. The van der Waals surface area contributed by atoms with Crippen LogP contribution in [0.2, 0.25) is 5.02 Å². The number of furan rings is 1. The third-order valence-corrected chi connectivity index (χ3v) is 3.69. The third kappa shape index (κ3) is 3.02. The highest BCUT2D eigenvalue weighted by molar-refractivity contribution is 7.90. The summed E-state index contributed by atoms with van der Waals surface area (Å²) >= 11 is 5.87. The number of hydrogen-bond acceptors (Lipinski definition) is 5. The van der Waals surface area contributed by atoms with Crippen molar-refractivity contribution in [2.75, 3.05) is 12.0 Å². The van der Waals surface area contributed by atoms with Gasteiger partial charge in [0.25, 0.3) is 0 Å². The Labute approximate surface area is 110 Å². The molecular formula is C11H13ClN2O3S. The molecule has 0 fully saturated rings. The van der Waals surface area contributed by atoms with Gasteiger partial charge in [-0.15, -0.1) is 0 Å². The Hall–Kier alpha value is -1.08. The molecule has 0 aliphatic rings. The molecule has 1 heterocycles. The Kier molecular flexibility index (Phi) is 3.63. The predicted octanol–water partition coefficient (Wildman–Crippen LogP) is 1.64. The first-order valence-corrected chi connectivity index (χ1v) is 7.66. The van der Waals surface area contributed by atoms with Gasteiger partial charge in [0.05, 0.1) is 11.8 Å². The highest BCUT2D eigenvalue weighted by Gasteiger charge is 2.20. The summed E-state index contributed by atoms with van der Waals surface area (Å²) in [4.78, 5) is 0. The van der Waals surface area contributed by atoms with Crippen LogP contribution in [0.4, 0.5) is 0 Å². The predicted molar refractivity (Wildman–Crippen MR) is 71.0 cm³/mol.